The van der Waals surface area contributed by atoms with Crippen LogP contribution in [0, 0.1) is 12.7 Å². The van der Waals surface area contributed by atoms with E-state index in [1.165, 1.54) is 18.2 Å². The molecule has 0 unspecified atom stereocenters. The van der Waals surface area contributed by atoms with Gasteiger partial charge >= 0.3 is 5.97 Å². The van der Waals surface area contributed by atoms with E-state index in [0.29, 0.717) is 37.3 Å². The molecular formula is C15H19FN2O3. The zero-order chi connectivity index (χ0) is 15.4. The summed E-state index contributed by atoms with van der Waals surface area (Å²) in [6.07, 6.45) is 0.735. The Hall–Kier alpha value is -1.95. The van der Waals surface area contributed by atoms with Gasteiger partial charge in [-0.15, -0.1) is 0 Å². The van der Waals surface area contributed by atoms with E-state index < -0.39 is 5.97 Å². The van der Waals surface area contributed by atoms with Gasteiger partial charge in [-0.05, 0) is 37.1 Å². The van der Waals surface area contributed by atoms with E-state index in [9.17, 15) is 14.0 Å². The SMILES string of the molecule is Cc1cc(F)ccc1C(=O)N1CCCN(CC(=O)O)CC1. The molecule has 5 nitrogen and oxygen atoms in total. The number of carbonyl (C=O) groups excluding carboxylic acids is 1. The Morgan fingerprint density at radius 1 is 1.24 bits per heavy atom. The Balaban J connectivity index is 2.04. The van der Waals surface area contributed by atoms with Gasteiger partial charge in [0.1, 0.15) is 5.82 Å². The predicted molar refractivity (Wildman–Crippen MR) is 75.7 cm³/mol. The van der Waals surface area contributed by atoms with Crippen molar-refractivity contribution in [2.75, 3.05) is 32.7 Å². The topological polar surface area (TPSA) is 60.9 Å². The molecule has 0 aliphatic carbocycles. The van der Waals surface area contributed by atoms with Crippen LogP contribution in [0.3, 0.4) is 0 Å². The van der Waals surface area contributed by atoms with Crippen molar-refractivity contribution in [2.24, 2.45) is 0 Å². The monoisotopic (exact) mass is 294 g/mol. The van der Waals surface area contributed by atoms with Crippen LogP contribution in [0.5, 0.6) is 0 Å². The average molecular weight is 294 g/mol. The summed E-state index contributed by atoms with van der Waals surface area (Å²) in [6.45, 7) is 3.99. The molecular weight excluding hydrogens is 275 g/mol. The van der Waals surface area contributed by atoms with Gasteiger partial charge in [0.25, 0.3) is 5.91 Å². The Kier molecular flexibility index (Phi) is 4.90. The molecule has 1 amide bonds. The molecule has 1 aromatic carbocycles. The molecule has 1 saturated heterocycles. The molecule has 2 rings (SSSR count). The Morgan fingerprint density at radius 3 is 2.67 bits per heavy atom. The lowest BCUT2D eigenvalue weighted by Crippen LogP contribution is -2.37. The van der Waals surface area contributed by atoms with Gasteiger partial charge in [0.15, 0.2) is 0 Å². The van der Waals surface area contributed by atoms with E-state index >= 15 is 0 Å². The molecule has 21 heavy (non-hydrogen) atoms. The summed E-state index contributed by atoms with van der Waals surface area (Å²) < 4.78 is 13.1. The minimum absolute atomic E-state index is 0.00237. The molecule has 1 aromatic rings. The van der Waals surface area contributed by atoms with Crippen molar-refractivity contribution in [1.82, 2.24) is 9.80 Å². The molecule has 1 fully saturated rings. The predicted octanol–water partition coefficient (Wildman–Crippen LogP) is 1.37. The Labute approximate surface area is 123 Å². The third-order valence-electron chi connectivity index (χ3n) is 3.65. The van der Waals surface area contributed by atoms with Crippen LogP contribution >= 0.6 is 0 Å². The number of carbonyl (C=O) groups is 2. The van der Waals surface area contributed by atoms with Gasteiger partial charge < -0.3 is 10.0 Å². The van der Waals surface area contributed by atoms with Gasteiger partial charge in [0.2, 0.25) is 0 Å². The van der Waals surface area contributed by atoms with E-state index in [0.717, 1.165) is 6.42 Å². The number of hydrogen-bond donors (Lipinski definition) is 1. The van der Waals surface area contributed by atoms with E-state index in [-0.39, 0.29) is 18.3 Å². The van der Waals surface area contributed by atoms with Crippen molar-refractivity contribution in [1.29, 1.82) is 0 Å². The highest BCUT2D eigenvalue weighted by Crippen LogP contribution is 2.14. The summed E-state index contributed by atoms with van der Waals surface area (Å²) in [7, 11) is 0. The maximum absolute atomic E-state index is 13.1. The van der Waals surface area contributed by atoms with E-state index in [1.807, 2.05) is 4.90 Å². The molecule has 0 saturated carbocycles. The number of aliphatic carboxylic acids is 1. The maximum Gasteiger partial charge on any atom is 0.317 e. The summed E-state index contributed by atoms with van der Waals surface area (Å²) in [5.41, 5.74) is 1.12. The van der Waals surface area contributed by atoms with Gasteiger partial charge in [0, 0.05) is 31.7 Å². The summed E-state index contributed by atoms with van der Waals surface area (Å²) in [4.78, 5) is 26.8. The van der Waals surface area contributed by atoms with Crippen molar-refractivity contribution < 1.29 is 19.1 Å². The van der Waals surface area contributed by atoms with Crippen LogP contribution in [0.15, 0.2) is 18.2 Å². The van der Waals surface area contributed by atoms with E-state index in [2.05, 4.69) is 0 Å². The fourth-order valence-corrected chi connectivity index (χ4v) is 2.56. The highest BCUT2D eigenvalue weighted by molar-refractivity contribution is 5.95. The number of carboxylic acid groups (broad SMARTS) is 1. The molecule has 0 bridgehead atoms. The fraction of sp³-hybridized carbons (Fsp3) is 0.467. The van der Waals surface area contributed by atoms with Crippen molar-refractivity contribution in [3.63, 3.8) is 0 Å². The first-order valence-corrected chi connectivity index (χ1v) is 6.97. The number of hydrogen-bond acceptors (Lipinski definition) is 3. The first kappa shape index (κ1) is 15.4. The number of nitrogens with zero attached hydrogens (tertiary/aromatic N) is 2. The quantitative estimate of drug-likeness (QED) is 0.914. The molecule has 1 aliphatic heterocycles. The standard InChI is InChI=1S/C15H19FN2O3/c1-11-9-12(16)3-4-13(11)15(21)18-6-2-5-17(7-8-18)10-14(19)20/h3-4,9H,2,5-8,10H2,1H3,(H,19,20). The third kappa shape index (κ3) is 4.01. The van der Waals surface area contributed by atoms with Crippen molar-refractivity contribution in [3.05, 3.63) is 35.1 Å². The zero-order valence-corrected chi connectivity index (χ0v) is 12.0. The third-order valence-corrected chi connectivity index (χ3v) is 3.65. The number of halogens is 1. The molecule has 0 spiro atoms. The molecule has 0 aromatic heterocycles. The lowest BCUT2D eigenvalue weighted by atomic mass is 10.1. The van der Waals surface area contributed by atoms with Crippen molar-refractivity contribution >= 4 is 11.9 Å². The second-order valence-electron chi connectivity index (χ2n) is 5.27. The van der Waals surface area contributed by atoms with Crippen LogP contribution in [0.25, 0.3) is 0 Å². The molecule has 6 heteroatoms. The van der Waals surface area contributed by atoms with E-state index in [4.69, 9.17) is 5.11 Å². The summed E-state index contributed by atoms with van der Waals surface area (Å²) in [5.74, 6) is -1.33. The maximum atomic E-state index is 13.1. The van der Waals surface area contributed by atoms with Gasteiger partial charge in [-0.25, -0.2) is 4.39 Å². The van der Waals surface area contributed by atoms with Crippen molar-refractivity contribution in [3.8, 4) is 0 Å². The summed E-state index contributed by atoms with van der Waals surface area (Å²) >= 11 is 0. The van der Waals surface area contributed by atoms with Crippen LogP contribution in [0.1, 0.15) is 22.3 Å². The van der Waals surface area contributed by atoms with Gasteiger partial charge in [-0.3, -0.25) is 14.5 Å². The normalized spacial score (nSPS) is 16.6. The minimum atomic E-state index is -0.857. The number of amides is 1. The highest BCUT2D eigenvalue weighted by Gasteiger charge is 2.22. The second kappa shape index (κ2) is 6.67. The summed E-state index contributed by atoms with van der Waals surface area (Å²) in [5, 5.41) is 8.82. The molecule has 0 atom stereocenters. The average Bonchev–Trinajstić information content (AvgIpc) is 2.63. The lowest BCUT2D eigenvalue weighted by Gasteiger charge is -2.22. The Bertz CT molecular complexity index is 548. The minimum Gasteiger partial charge on any atom is -0.480 e. The molecule has 1 aliphatic rings. The Morgan fingerprint density at radius 2 is 2.00 bits per heavy atom. The molecule has 0 radical (unpaired) electrons. The number of carboxylic acids is 1. The smallest absolute Gasteiger partial charge is 0.317 e. The van der Waals surface area contributed by atoms with Crippen molar-refractivity contribution in [2.45, 2.75) is 13.3 Å². The molecule has 1 heterocycles. The first-order chi connectivity index (χ1) is 9.97. The van der Waals surface area contributed by atoms with Gasteiger partial charge in [-0.2, -0.15) is 0 Å². The van der Waals surface area contributed by atoms with Crippen LogP contribution in [0.2, 0.25) is 0 Å². The number of benzene rings is 1. The highest BCUT2D eigenvalue weighted by atomic mass is 19.1. The van der Waals surface area contributed by atoms with Gasteiger partial charge in [-0.1, -0.05) is 0 Å². The zero-order valence-electron chi connectivity index (χ0n) is 12.0. The van der Waals surface area contributed by atoms with E-state index in [1.54, 1.807) is 11.8 Å². The van der Waals surface area contributed by atoms with Crippen LogP contribution in [0.4, 0.5) is 4.39 Å². The van der Waals surface area contributed by atoms with Gasteiger partial charge in [0.05, 0.1) is 6.54 Å². The first-order valence-electron chi connectivity index (χ1n) is 6.97. The molecule has 1 N–H and O–H groups in total. The van der Waals surface area contributed by atoms with Crippen LogP contribution in [-0.2, 0) is 4.79 Å². The van der Waals surface area contributed by atoms with Crippen LogP contribution in [-0.4, -0.2) is 59.5 Å². The number of rotatable bonds is 3. The van der Waals surface area contributed by atoms with Crippen LogP contribution < -0.4 is 0 Å². The lowest BCUT2D eigenvalue weighted by molar-refractivity contribution is -0.138. The fourth-order valence-electron chi connectivity index (χ4n) is 2.56. The second-order valence-corrected chi connectivity index (χ2v) is 5.27. The molecule has 114 valence electrons. The largest absolute Gasteiger partial charge is 0.480 e. The number of aryl methyl sites for hydroxylation is 1. The summed E-state index contributed by atoms with van der Waals surface area (Å²) in [6, 6.07) is 4.14.